The van der Waals surface area contributed by atoms with Crippen molar-refractivity contribution < 1.29 is 13.2 Å². The molecular formula is C13H17Br2F3S. The maximum absolute atomic E-state index is 12.8. The van der Waals surface area contributed by atoms with Gasteiger partial charge in [-0.05, 0) is 33.7 Å². The van der Waals surface area contributed by atoms with Crippen LogP contribution in [0.3, 0.4) is 0 Å². The molecule has 0 saturated carbocycles. The number of hydrogen-bond donors (Lipinski definition) is 0. The van der Waals surface area contributed by atoms with Crippen LogP contribution in [0, 0.1) is 17.8 Å². The summed E-state index contributed by atoms with van der Waals surface area (Å²) in [5, 5.41) is 1.19. The second-order valence-electron chi connectivity index (χ2n) is 5.29. The lowest BCUT2D eigenvalue weighted by Gasteiger charge is -2.29. The second kappa shape index (κ2) is 6.48. The molecule has 1 rings (SSSR count). The maximum Gasteiger partial charge on any atom is 0.418 e. The van der Waals surface area contributed by atoms with Gasteiger partial charge in [-0.1, -0.05) is 43.6 Å². The molecule has 0 nitrogen and oxygen atoms in total. The first-order valence-corrected chi connectivity index (χ1v) is 8.64. The summed E-state index contributed by atoms with van der Waals surface area (Å²) in [6.07, 6.45) is -4.30. The average molecular weight is 422 g/mol. The summed E-state index contributed by atoms with van der Waals surface area (Å²) >= 11 is 7.87. The van der Waals surface area contributed by atoms with Gasteiger partial charge in [-0.15, -0.1) is 11.3 Å². The Morgan fingerprint density at radius 2 is 1.58 bits per heavy atom. The van der Waals surface area contributed by atoms with Crippen LogP contribution in [0.15, 0.2) is 9.85 Å². The zero-order valence-electron chi connectivity index (χ0n) is 11.2. The number of hydrogen-bond acceptors (Lipinski definition) is 1. The minimum atomic E-state index is -4.30. The predicted octanol–water partition coefficient (Wildman–Crippen LogP) is 6.89. The standard InChI is InChI=1S/C13H17Br2F3S/c1-6(2)9(7(3)4)11(15)12-10(14)8(5-19-12)13(16,17)18/h5-7,9,11H,1-4H3. The summed E-state index contributed by atoms with van der Waals surface area (Å²) < 4.78 is 38.6. The van der Waals surface area contributed by atoms with Gasteiger partial charge >= 0.3 is 6.18 Å². The molecule has 1 heterocycles. The van der Waals surface area contributed by atoms with E-state index in [0.717, 1.165) is 16.2 Å². The summed E-state index contributed by atoms with van der Waals surface area (Å²) in [6.45, 7) is 8.41. The topological polar surface area (TPSA) is 0 Å². The van der Waals surface area contributed by atoms with Crippen LogP contribution in [0.2, 0.25) is 0 Å². The molecule has 0 radical (unpaired) electrons. The molecule has 0 fully saturated rings. The molecular weight excluding hydrogens is 405 g/mol. The van der Waals surface area contributed by atoms with Crippen molar-refractivity contribution in [1.82, 2.24) is 0 Å². The largest absolute Gasteiger partial charge is 0.418 e. The van der Waals surface area contributed by atoms with E-state index >= 15 is 0 Å². The molecule has 110 valence electrons. The molecule has 6 heteroatoms. The first kappa shape index (κ1) is 17.5. The Bertz CT molecular complexity index is 416. The third kappa shape index (κ3) is 3.97. The van der Waals surface area contributed by atoms with Crippen molar-refractivity contribution in [3.63, 3.8) is 0 Å². The normalized spacial score (nSPS) is 14.7. The fourth-order valence-electron chi connectivity index (χ4n) is 2.36. The molecule has 1 aromatic rings. The van der Waals surface area contributed by atoms with Gasteiger partial charge in [0.1, 0.15) is 0 Å². The maximum atomic E-state index is 12.8. The fourth-order valence-corrected chi connectivity index (χ4v) is 6.45. The smallest absolute Gasteiger partial charge is 0.166 e. The van der Waals surface area contributed by atoms with Crippen molar-refractivity contribution >= 4 is 43.2 Å². The van der Waals surface area contributed by atoms with Crippen LogP contribution in [-0.4, -0.2) is 0 Å². The van der Waals surface area contributed by atoms with Gasteiger partial charge in [-0.3, -0.25) is 0 Å². The van der Waals surface area contributed by atoms with Crippen molar-refractivity contribution in [3.05, 3.63) is 20.3 Å². The van der Waals surface area contributed by atoms with E-state index < -0.39 is 11.7 Å². The van der Waals surface area contributed by atoms with E-state index in [2.05, 4.69) is 59.6 Å². The van der Waals surface area contributed by atoms with E-state index in [0.29, 0.717) is 11.8 Å². The van der Waals surface area contributed by atoms with E-state index in [1.54, 1.807) is 0 Å². The summed E-state index contributed by atoms with van der Waals surface area (Å²) in [5.41, 5.74) is -0.580. The first-order chi connectivity index (χ1) is 8.57. The zero-order chi connectivity index (χ0) is 15.0. The molecule has 1 unspecified atom stereocenters. The Balaban J connectivity index is 3.13. The van der Waals surface area contributed by atoms with Gasteiger partial charge in [0.25, 0.3) is 0 Å². The Hall–Kier alpha value is 0.450. The molecule has 0 aliphatic heterocycles. The fraction of sp³-hybridized carbons (Fsp3) is 0.692. The lowest BCUT2D eigenvalue weighted by molar-refractivity contribution is -0.137. The van der Waals surface area contributed by atoms with Crippen LogP contribution in [0.5, 0.6) is 0 Å². The van der Waals surface area contributed by atoms with Gasteiger partial charge in [-0.25, -0.2) is 0 Å². The molecule has 19 heavy (non-hydrogen) atoms. The summed E-state index contributed by atoms with van der Waals surface area (Å²) in [6, 6.07) is 0. The van der Waals surface area contributed by atoms with E-state index in [9.17, 15) is 13.2 Å². The Labute approximate surface area is 133 Å². The Kier molecular flexibility index (Phi) is 5.97. The number of rotatable bonds is 4. The van der Waals surface area contributed by atoms with Crippen molar-refractivity contribution in [2.45, 2.75) is 38.7 Å². The molecule has 0 N–H and O–H groups in total. The number of halogens is 5. The van der Waals surface area contributed by atoms with Crippen molar-refractivity contribution in [3.8, 4) is 0 Å². The highest BCUT2D eigenvalue weighted by atomic mass is 79.9. The third-order valence-corrected chi connectivity index (χ3v) is 6.74. The van der Waals surface area contributed by atoms with Crippen LogP contribution in [0.25, 0.3) is 0 Å². The third-order valence-electron chi connectivity index (χ3n) is 3.19. The predicted molar refractivity (Wildman–Crippen MR) is 81.9 cm³/mol. The van der Waals surface area contributed by atoms with E-state index in [1.807, 2.05) is 0 Å². The minimum absolute atomic E-state index is 0.0667. The lowest BCUT2D eigenvalue weighted by atomic mass is 9.82. The second-order valence-corrected chi connectivity index (χ2v) is 7.98. The van der Waals surface area contributed by atoms with Crippen molar-refractivity contribution in [2.24, 2.45) is 17.8 Å². The first-order valence-electron chi connectivity index (χ1n) is 6.05. The van der Waals surface area contributed by atoms with Crippen molar-refractivity contribution in [1.29, 1.82) is 0 Å². The Morgan fingerprint density at radius 3 is 1.89 bits per heavy atom. The van der Waals surface area contributed by atoms with E-state index in [-0.39, 0.29) is 15.2 Å². The van der Waals surface area contributed by atoms with Gasteiger partial charge in [0.2, 0.25) is 0 Å². The number of alkyl halides is 4. The molecule has 0 aliphatic carbocycles. The molecule has 1 aromatic heterocycles. The Morgan fingerprint density at radius 1 is 1.11 bits per heavy atom. The number of thiophene rings is 1. The van der Waals surface area contributed by atoms with Crippen LogP contribution >= 0.6 is 43.2 Å². The highest BCUT2D eigenvalue weighted by molar-refractivity contribution is 9.11. The van der Waals surface area contributed by atoms with Gasteiger partial charge in [0.05, 0.1) is 10.4 Å². The molecule has 0 aliphatic rings. The molecule has 0 aromatic carbocycles. The van der Waals surface area contributed by atoms with Gasteiger partial charge in [0.15, 0.2) is 0 Å². The summed E-state index contributed by atoms with van der Waals surface area (Å²) in [4.78, 5) is 0.655. The van der Waals surface area contributed by atoms with Crippen LogP contribution in [0.1, 0.15) is 43.0 Å². The van der Waals surface area contributed by atoms with Crippen molar-refractivity contribution in [2.75, 3.05) is 0 Å². The van der Waals surface area contributed by atoms with Gasteiger partial charge in [0, 0.05) is 14.7 Å². The van der Waals surface area contributed by atoms with E-state index in [4.69, 9.17) is 0 Å². The lowest BCUT2D eigenvalue weighted by Crippen LogP contribution is -2.20. The monoisotopic (exact) mass is 420 g/mol. The van der Waals surface area contributed by atoms with Crippen LogP contribution in [0.4, 0.5) is 13.2 Å². The molecule has 0 amide bonds. The highest BCUT2D eigenvalue weighted by Gasteiger charge is 2.37. The van der Waals surface area contributed by atoms with E-state index in [1.165, 1.54) is 5.38 Å². The minimum Gasteiger partial charge on any atom is -0.166 e. The SMILES string of the molecule is CC(C)C(C(C)C)C(Br)c1scc(C(F)(F)F)c1Br. The summed E-state index contributed by atoms with van der Waals surface area (Å²) in [5.74, 6) is 1.08. The van der Waals surface area contributed by atoms with Crippen LogP contribution in [-0.2, 0) is 6.18 Å². The average Bonchev–Trinajstić information content (AvgIpc) is 2.57. The molecule has 0 bridgehead atoms. The molecule has 1 atom stereocenters. The molecule has 0 saturated heterocycles. The summed E-state index contributed by atoms with van der Waals surface area (Å²) in [7, 11) is 0. The zero-order valence-corrected chi connectivity index (χ0v) is 15.2. The quantitative estimate of drug-likeness (QED) is 0.464. The highest BCUT2D eigenvalue weighted by Crippen LogP contribution is 2.49. The van der Waals surface area contributed by atoms with Gasteiger partial charge in [-0.2, -0.15) is 13.2 Å². The van der Waals surface area contributed by atoms with Crippen LogP contribution < -0.4 is 0 Å². The molecule has 0 spiro atoms. The van der Waals surface area contributed by atoms with Gasteiger partial charge < -0.3 is 0 Å².